The number of ether oxygens (including phenoxy) is 1. The molecule has 0 bridgehead atoms. The van der Waals surface area contributed by atoms with Gasteiger partial charge < -0.3 is 14.7 Å². The maximum absolute atomic E-state index is 12.0. The van der Waals surface area contributed by atoms with Crippen LogP contribution in [0.4, 0.5) is 4.79 Å². The topological polar surface area (TPSA) is 83.2 Å². The summed E-state index contributed by atoms with van der Waals surface area (Å²) in [7, 11) is 0. The summed E-state index contributed by atoms with van der Waals surface area (Å²) in [5.74, 6) is 0.120. The highest BCUT2D eigenvalue weighted by molar-refractivity contribution is 7.17. The lowest BCUT2D eigenvalue weighted by molar-refractivity contribution is 0.0715. The van der Waals surface area contributed by atoms with Gasteiger partial charge in [-0.2, -0.15) is 9.61 Å². The Morgan fingerprint density at radius 3 is 2.67 bits per heavy atom. The Balaban J connectivity index is 1.63. The number of carbonyl (C=O) groups excluding carboxylic acids is 1. The minimum Gasteiger partial charge on any atom is -0.492 e. The summed E-state index contributed by atoms with van der Waals surface area (Å²) in [5.41, 5.74) is 1.09. The number of hydrogen-bond acceptors (Lipinski definition) is 7. The number of aromatic hydroxyl groups is 1. The third kappa shape index (κ3) is 3.35. The van der Waals surface area contributed by atoms with E-state index in [2.05, 4.69) is 27.1 Å². The van der Waals surface area contributed by atoms with Crippen LogP contribution in [0.3, 0.4) is 0 Å². The molecule has 4 rings (SSSR count). The van der Waals surface area contributed by atoms with Gasteiger partial charge in [0.25, 0.3) is 0 Å². The van der Waals surface area contributed by atoms with Crippen molar-refractivity contribution in [1.82, 2.24) is 24.4 Å². The highest BCUT2D eigenvalue weighted by Crippen LogP contribution is 2.39. The van der Waals surface area contributed by atoms with E-state index < -0.39 is 0 Å². The van der Waals surface area contributed by atoms with Crippen molar-refractivity contribution < 1.29 is 14.6 Å². The highest BCUT2D eigenvalue weighted by Gasteiger charge is 2.32. The Hall–Kier alpha value is -2.65. The van der Waals surface area contributed by atoms with Crippen molar-refractivity contribution in [3.8, 4) is 5.88 Å². The molecule has 3 heterocycles. The van der Waals surface area contributed by atoms with E-state index >= 15 is 0 Å². The van der Waals surface area contributed by atoms with E-state index in [0.717, 1.165) is 10.4 Å². The first-order valence-electron chi connectivity index (χ1n) is 8.91. The lowest BCUT2D eigenvalue weighted by atomic mass is 10.0. The molecule has 9 heteroatoms. The second-order valence-corrected chi connectivity index (χ2v) is 7.29. The first-order valence-corrected chi connectivity index (χ1v) is 9.72. The van der Waals surface area contributed by atoms with Gasteiger partial charge in [0.15, 0.2) is 0 Å². The van der Waals surface area contributed by atoms with Gasteiger partial charge in [0.2, 0.25) is 10.8 Å². The van der Waals surface area contributed by atoms with Gasteiger partial charge in [-0.15, -0.1) is 0 Å². The van der Waals surface area contributed by atoms with Crippen molar-refractivity contribution >= 4 is 22.4 Å². The minimum atomic E-state index is -0.268. The third-order valence-electron chi connectivity index (χ3n) is 4.71. The van der Waals surface area contributed by atoms with E-state index in [1.807, 2.05) is 25.1 Å². The number of nitrogens with zero attached hydrogens (tertiary/aromatic N) is 5. The first-order chi connectivity index (χ1) is 13.2. The lowest BCUT2D eigenvalue weighted by Gasteiger charge is -2.38. The van der Waals surface area contributed by atoms with Crippen LogP contribution in [0, 0.1) is 0 Å². The molecule has 1 N–H and O–H groups in total. The number of rotatable bonds is 4. The van der Waals surface area contributed by atoms with E-state index in [1.54, 1.807) is 4.90 Å². The Labute approximate surface area is 160 Å². The quantitative estimate of drug-likeness (QED) is 0.740. The monoisotopic (exact) mass is 387 g/mol. The number of piperazine rings is 1. The highest BCUT2D eigenvalue weighted by atomic mass is 32.1. The van der Waals surface area contributed by atoms with Crippen LogP contribution >= 0.6 is 11.3 Å². The van der Waals surface area contributed by atoms with E-state index in [9.17, 15) is 9.90 Å². The smallest absolute Gasteiger partial charge is 0.409 e. The molecule has 1 saturated heterocycles. The summed E-state index contributed by atoms with van der Waals surface area (Å²) < 4.78 is 6.57. The van der Waals surface area contributed by atoms with E-state index in [-0.39, 0.29) is 18.0 Å². The second kappa shape index (κ2) is 7.53. The van der Waals surface area contributed by atoms with Gasteiger partial charge in [0.05, 0.1) is 17.5 Å². The molecule has 8 nitrogen and oxygen atoms in total. The number of thiazole rings is 1. The van der Waals surface area contributed by atoms with Crippen LogP contribution in [0.1, 0.15) is 23.4 Å². The van der Waals surface area contributed by atoms with Crippen molar-refractivity contribution in [2.24, 2.45) is 0 Å². The van der Waals surface area contributed by atoms with Crippen LogP contribution < -0.4 is 0 Å². The maximum atomic E-state index is 12.0. The molecule has 142 valence electrons. The number of carbonyl (C=O) groups is 1. The van der Waals surface area contributed by atoms with Gasteiger partial charge in [-0.1, -0.05) is 41.7 Å². The number of amides is 1. The van der Waals surface area contributed by atoms with E-state index in [4.69, 9.17) is 4.74 Å². The summed E-state index contributed by atoms with van der Waals surface area (Å²) in [6.07, 6.45) is 1.17. The van der Waals surface area contributed by atoms with E-state index in [1.165, 1.54) is 22.2 Å². The van der Waals surface area contributed by atoms with Gasteiger partial charge >= 0.3 is 6.09 Å². The van der Waals surface area contributed by atoms with Crippen LogP contribution in [0.5, 0.6) is 5.88 Å². The molecule has 27 heavy (non-hydrogen) atoms. The number of aromatic nitrogens is 3. The van der Waals surface area contributed by atoms with Crippen molar-refractivity contribution in [2.45, 2.75) is 13.0 Å². The Morgan fingerprint density at radius 2 is 2.00 bits per heavy atom. The molecule has 1 amide bonds. The molecule has 1 atom stereocenters. The summed E-state index contributed by atoms with van der Waals surface area (Å²) in [6, 6.07) is 9.94. The fraction of sp³-hybridized carbons (Fsp3) is 0.389. The predicted molar refractivity (Wildman–Crippen MR) is 101 cm³/mol. The molecule has 0 radical (unpaired) electrons. The molecular formula is C18H21N5O3S. The molecule has 1 aromatic carbocycles. The summed E-state index contributed by atoms with van der Waals surface area (Å²) in [5, 5.41) is 14.8. The molecular weight excluding hydrogens is 366 g/mol. The van der Waals surface area contributed by atoms with Gasteiger partial charge in [0.1, 0.15) is 6.33 Å². The summed E-state index contributed by atoms with van der Waals surface area (Å²) in [4.78, 5) is 21.6. The Bertz CT molecular complexity index is 918. The number of hydrogen-bond donors (Lipinski definition) is 1. The van der Waals surface area contributed by atoms with Crippen LogP contribution in [0.25, 0.3) is 4.96 Å². The zero-order chi connectivity index (χ0) is 18.8. The largest absolute Gasteiger partial charge is 0.492 e. The normalized spacial score (nSPS) is 16.6. The van der Waals surface area contributed by atoms with Crippen LogP contribution in [0.15, 0.2) is 36.7 Å². The average molecular weight is 387 g/mol. The zero-order valence-electron chi connectivity index (χ0n) is 15.0. The van der Waals surface area contributed by atoms with Gasteiger partial charge in [-0.25, -0.2) is 9.78 Å². The van der Waals surface area contributed by atoms with Crippen LogP contribution in [0.2, 0.25) is 0 Å². The number of benzene rings is 1. The molecule has 1 aliphatic heterocycles. The molecule has 1 aliphatic rings. The molecule has 0 unspecified atom stereocenters. The van der Waals surface area contributed by atoms with Crippen molar-refractivity contribution in [1.29, 1.82) is 0 Å². The Kier molecular flexibility index (Phi) is 4.95. The van der Waals surface area contributed by atoms with Crippen LogP contribution in [-0.4, -0.2) is 68.4 Å². The third-order valence-corrected chi connectivity index (χ3v) is 5.79. The van der Waals surface area contributed by atoms with E-state index in [0.29, 0.717) is 37.7 Å². The molecule has 0 aliphatic carbocycles. The average Bonchev–Trinajstić information content (AvgIpc) is 3.27. The zero-order valence-corrected chi connectivity index (χ0v) is 15.8. The van der Waals surface area contributed by atoms with Crippen LogP contribution in [-0.2, 0) is 4.74 Å². The van der Waals surface area contributed by atoms with Crippen molar-refractivity contribution in [3.05, 3.63) is 47.1 Å². The molecule has 3 aromatic rings. The Morgan fingerprint density at radius 1 is 1.26 bits per heavy atom. The molecule has 0 saturated carbocycles. The minimum absolute atomic E-state index is 0.120. The molecule has 2 aromatic heterocycles. The fourth-order valence-corrected chi connectivity index (χ4v) is 4.50. The molecule has 0 spiro atoms. The summed E-state index contributed by atoms with van der Waals surface area (Å²) >= 11 is 1.43. The van der Waals surface area contributed by atoms with Gasteiger partial charge in [0, 0.05) is 26.2 Å². The van der Waals surface area contributed by atoms with Gasteiger partial charge in [-0.3, -0.25) is 4.90 Å². The maximum Gasteiger partial charge on any atom is 0.409 e. The molecule has 1 fully saturated rings. The fourth-order valence-electron chi connectivity index (χ4n) is 3.41. The van der Waals surface area contributed by atoms with Gasteiger partial charge in [-0.05, 0) is 12.5 Å². The number of fused-ring (bicyclic) bond motifs is 1. The summed E-state index contributed by atoms with van der Waals surface area (Å²) in [6.45, 7) is 4.73. The standard InChI is InChI=1S/C18H21N5O3S/c1-2-26-18(25)22-10-8-21(9-11-22)14(13-6-4-3-5-7-13)15-16(24)23-17(27-15)19-12-20-23/h3-7,12,14,24H,2,8-11H2,1H3/t14-/m1/s1. The lowest BCUT2D eigenvalue weighted by Crippen LogP contribution is -2.49. The van der Waals surface area contributed by atoms with Crippen molar-refractivity contribution in [3.63, 3.8) is 0 Å². The SMILES string of the molecule is CCOC(=O)N1CCN([C@H](c2ccccc2)c2sc3ncnn3c2O)CC1. The predicted octanol–water partition coefficient (Wildman–Crippen LogP) is 2.36. The second-order valence-electron chi connectivity index (χ2n) is 6.28. The first kappa shape index (κ1) is 17.7. The van der Waals surface area contributed by atoms with Crippen molar-refractivity contribution in [2.75, 3.05) is 32.8 Å².